The fourth-order valence-electron chi connectivity index (χ4n) is 1.48. The molecule has 1 amide bonds. The maximum atomic E-state index is 10.9. The van der Waals surface area contributed by atoms with Crippen molar-refractivity contribution in [3.05, 3.63) is 30.6 Å². The van der Waals surface area contributed by atoms with Crippen LogP contribution in [0.25, 0.3) is 0 Å². The van der Waals surface area contributed by atoms with Gasteiger partial charge in [0.05, 0.1) is 6.10 Å². The predicted octanol–water partition coefficient (Wildman–Crippen LogP) is 3.39. The van der Waals surface area contributed by atoms with Gasteiger partial charge in [-0.15, -0.1) is 0 Å². The predicted molar refractivity (Wildman–Crippen MR) is 84.6 cm³/mol. The van der Waals surface area contributed by atoms with E-state index in [2.05, 4.69) is 4.98 Å². The highest BCUT2D eigenvalue weighted by atomic mass is 16.5. The fourth-order valence-corrected chi connectivity index (χ4v) is 1.48. The Bertz CT molecular complexity index is 278. The summed E-state index contributed by atoms with van der Waals surface area (Å²) in [6, 6.07) is 5.72. The Labute approximate surface area is 124 Å². The van der Waals surface area contributed by atoms with Crippen LogP contribution in [0.4, 0.5) is 0 Å². The second-order valence-corrected chi connectivity index (χ2v) is 3.70. The zero-order chi connectivity index (χ0) is 15.8. The number of nitrogens with zero attached hydrogens (tertiary/aromatic N) is 2. The monoisotopic (exact) mass is 282 g/mol. The van der Waals surface area contributed by atoms with Crippen molar-refractivity contribution >= 4 is 5.91 Å². The lowest BCUT2D eigenvalue weighted by atomic mass is 10.1. The molecule has 0 saturated carbocycles. The Hall–Kier alpha value is -1.42. The smallest absolute Gasteiger partial charge is 0.222 e. The average Bonchev–Trinajstić information content (AvgIpc) is 2.56. The van der Waals surface area contributed by atoms with Crippen LogP contribution in [-0.2, 0) is 9.53 Å². The van der Waals surface area contributed by atoms with Crippen LogP contribution in [-0.4, -0.2) is 42.6 Å². The third-order valence-corrected chi connectivity index (χ3v) is 2.48. The Morgan fingerprint density at radius 3 is 2.00 bits per heavy atom. The second-order valence-electron chi connectivity index (χ2n) is 3.70. The van der Waals surface area contributed by atoms with Crippen molar-refractivity contribution < 1.29 is 9.53 Å². The van der Waals surface area contributed by atoms with Crippen molar-refractivity contribution in [1.29, 1.82) is 0 Å². The van der Waals surface area contributed by atoms with Crippen LogP contribution < -0.4 is 0 Å². The minimum absolute atomic E-state index is 0.230. The minimum atomic E-state index is 0.230. The van der Waals surface area contributed by atoms with Crippen LogP contribution in [0.2, 0.25) is 0 Å². The van der Waals surface area contributed by atoms with Gasteiger partial charge in [-0.05, 0) is 18.6 Å². The van der Waals surface area contributed by atoms with Crippen LogP contribution in [0.1, 0.15) is 40.5 Å². The number of likely N-dealkylation sites (N-methyl/N-ethyl adjacent to an activating group) is 1. The average molecular weight is 282 g/mol. The van der Waals surface area contributed by atoms with Gasteiger partial charge in [-0.1, -0.05) is 33.8 Å². The van der Waals surface area contributed by atoms with E-state index in [9.17, 15) is 4.79 Å². The van der Waals surface area contributed by atoms with Gasteiger partial charge in [0.2, 0.25) is 5.91 Å². The first kappa shape index (κ1) is 20.9. The molecular weight excluding hydrogens is 252 g/mol. The van der Waals surface area contributed by atoms with Gasteiger partial charge in [-0.3, -0.25) is 9.78 Å². The number of likely N-dealkylation sites (tertiary alicyclic amines) is 1. The van der Waals surface area contributed by atoms with Crippen molar-refractivity contribution in [3.63, 3.8) is 0 Å². The third kappa shape index (κ3) is 10.5. The molecule has 0 aliphatic carbocycles. The molecule has 20 heavy (non-hydrogen) atoms. The summed E-state index contributed by atoms with van der Waals surface area (Å²) in [4.78, 5) is 16.4. The molecule has 2 heterocycles. The molecule has 1 aliphatic heterocycles. The van der Waals surface area contributed by atoms with E-state index in [4.69, 9.17) is 4.74 Å². The summed E-state index contributed by atoms with van der Waals surface area (Å²) in [6.07, 6.45) is 5.26. The molecule has 116 valence electrons. The fraction of sp³-hybridized carbons (Fsp3) is 0.625. The molecule has 0 bridgehead atoms. The molecule has 1 unspecified atom stereocenters. The summed E-state index contributed by atoms with van der Waals surface area (Å²) in [5.74, 6) is 0.230. The van der Waals surface area contributed by atoms with Gasteiger partial charge in [-0.25, -0.2) is 0 Å². The van der Waals surface area contributed by atoms with Crippen LogP contribution in [0.15, 0.2) is 30.6 Å². The molecule has 0 aromatic carbocycles. The minimum Gasteiger partial charge on any atom is -0.380 e. The van der Waals surface area contributed by atoms with Gasteiger partial charge < -0.3 is 9.64 Å². The number of carbonyl (C=O) groups is 1. The van der Waals surface area contributed by atoms with Gasteiger partial charge in [0.15, 0.2) is 0 Å². The van der Waals surface area contributed by atoms with Crippen LogP contribution in [0.5, 0.6) is 0 Å². The number of pyridine rings is 1. The highest BCUT2D eigenvalue weighted by molar-refractivity contribution is 5.76. The van der Waals surface area contributed by atoms with E-state index in [0.29, 0.717) is 6.42 Å². The Morgan fingerprint density at radius 1 is 1.15 bits per heavy atom. The number of piperidine rings is 1. The number of aromatic nitrogens is 1. The van der Waals surface area contributed by atoms with Crippen LogP contribution in [0.3, 0.4) is 0 Å². The molecule has 2 rings (SSSR count). The maximum absolute atomic E-state index is 10.9. The number of hydrogen-bond acceptors (Lipinski definition) is 3. The first-order chi connectivity index (χ1) is 9.74. The van der Waals surface area contributed by atoms with Gasteiger partial charge >= 0.3 is 0 Å². The standard InChI is InChI=1S/C7H13NO2.C5H5N.2C2H6/c1-8-5-6(10-2)3-4-7(8)9;1-2-4-6-5-3-1;2*1-2/h6H,3-5H2,1-2H3;1-5H;2*1-2H3. The van der Waals surface area contributed by atoms with Gasteiger partial charge in [0.1, 0.15) is 0 Å². The van der Waals surface area contributed by atoms with Crippen LogP contribution in [0, 0.1) is 0 Å². The molecule has 1 atom stereocenters. The number of carbonyl (C=O) groups excluding carboxylic acids is 1. The Morgan fingerprint density at radius 2 is 1.70 bits per heavy atom. The molecule has 0 N–H and O–H groups in total. The van der Waals surface area contributed by atoms with E-state index in [1.54, 1.807) is 24.4 Å². The maximum Gasteiger partial charge on any atom is 0.222 e. The molecule has 0 spiro atoms. The molecular formula is C16H30N2O2. The molecule has 4 heteroatoms. The van der Waals surface area contributed by atoms with Gasteiger partial charge in [-0.2, -0.15) is 0 Å². The number of methoxy groups -OCH3 is 1. The number of rotatable bonds is 1. The van der Waals surface area contributed by atoms with Gasteiger partial charge in [0.25, 0.3) is 0 Å². The molecule has 1 saturated heterocycles. The van der Waals surface area contributed by atoms with Crippen LogP contribution >= 0.6 is 0 Å². The highest BCUT2D eigenvalue weighted by Gasteiger charge is 2.21. The highest BCUT2D eigenvalue weighted by Crippen LogP contribution is 2.11. The summed E-state index contributed by atoms with van der Waals surface area (Å²) < 4.78 is 5.12. The summed E-state index contributed by atoms with van der Waals surface area (Å²) in [5, 5.41) is 0. The van der Waals surface area contributed by atoms with Crippen molar-refractivity contribution in [3.8, 4) is 0 Å². The van der Waals surface area contributed by atoms with E-state index < -0.39 is 0 Å². The molecule has 1 aromatic heterocycles. The molecule has 4 nitrogen and oxygen atoms in total. The number of hydrogen-bond donors (Lipinski definition) is 0. The van der Waals surface area contributed by atoms with Crippen molar-refractivity contribution in [2.24, 2.45) is 0 Å². The number of ether oxygens (including phenoxy) is 1. The zero-order valence-corrected chi connectivity index (χ0v) is 13.8. The SMILES string of the molecule is CC.CC.COC1CCC(=O)N(C)C1.c1ccncc1. The first-order valence-electron chi connectivity index (χ1n) is 7.35. The van der Waals surface area contributed by atoms with E-state index >= 15 is 0 Å². The summed E-state index contributed by atoms with van der Waals surface area (Å²) in [7, 11) is 3.50. The van der Waals surface area contributed by atoms with E-state index in [0.717, 1.165) is 13.0 Å². The Balaban J connectivity index is 0. The first-order valence-corrected chi connectivity index (χ1v) is 7.35. The van der Waals surface area contributed by atoms with E-state index in [-0.39, 0.29) is 12.0 Å². The lowest BCUT2D eigenvalue weighted by Crippen LogP contribution is -2.40. The third-order valence-electron chi connectivity index (χ3n) is 2.48. The Kier molecular flexibility index (Phi) is 16.3. The van der Waals surface area contributed by atoms with Crippen molar-refractivity contribution in [1.82, 2.24) is 9.88 Å². The largest absolute Gasteiger partial charge is 0.380 e. The molecule has 0 radical (unpaired) electrons. The molecule has 1 aromatic rings. The van der Waals surface area contributed by atoms with Gasteiger partial charge in [0, 0.05) is 39.5 Å². The van der Waals surface area contributed by atoms with E-state index in [1.165, 1.54) is 0 Å². The summed E-state index contributed by atoms with van der Waals surface area (Å²) in [5.41, 5.74) is 0. The number of amides is 1. The lowest BCUT2D eigenvalue weighted by molar-refractivity contribution is -0.135. The topological polar surface area (TPSA) is 42.4 Å². The second kappa shape index (κ2) is 15.6. The summed E-state index contributed by atoms with van der Waals surface area (Å²) in [6.45, 7) is 8.75. The van der Waals surface area contributed by atoms with Crippen molar-refractivity contribution in [2.45, 2.75) is 46.6 Å². The zero-order valence-electron chi connectivity index (χ0n) is 13.8. The lowest BCUT2D eigenvalue weighted by Gasteiger charge is -2.28. The molecule has 1 fully saturated rings. The van der Waals surface area contributed by atoms with E-state index in [1.807, 2.05) is 52.9 Å². The normalized spacial score (nSPS) is 16.6. The summed E-state index contributed by atoms with van der Waals surface area (Å²) >= 11 is 0. The quantitative estimate of drug-likeness (QED) is 0.793. The van der Waals surface area contributed by atoms with Crippen molar-refractivity contribution in [2.75, 3.05) is 20.7 Å². The molecule has 1 aliphatic rings.